The van der Waals surface area contributed by atoms with Crippen molar-refractivity contribution in [2.24, 2.45) is 0 Å². The average Bonchev–Trinajstić information content (AvgIpc) is 3.23. The van der Waals surface area contributed by atoms with Gasteiger partial charge in [-0.1, -0.05) is 200 Å². The van der Waals surface area contributed by atoms with E-state index in [9.17, 15) is 9.59 Å². The van der Waals surface area contributed by atoms with Crippen LogP contribution in [0.25, 0.3) is 0 Å². The van der Waals surface area contributed by atoms with Crippen LogP contribution in [0.5, 0.6) is 0 Å². The Morgan fingerprint density at radius 1 is 0.439 bits per heavy atom. The molecule has 0 unspecified atom stereocenters. The average molecular weight is 815 g/mol. The highest BCUT2D eigenvalue weighted by molar-refractivity contribution is 8.00. The van der Waals surface area contributed by atoms with Crippen molar-refractivity contribution in [1.82, 2.24) is 0 Å². The minimum atomic E-state index is -0.0795. The van der Waals surface area contributed by atoms with E-state index in [2.05, 4.69) is 62.9 Å². The zero-order chi connectivity index (χ0) is 40.1. The lowest BCUT2D eigenvalue weighted by molar-refractivity contribution is 0.103. The Kier molecular flexibility index (Phi) is 19.6. The van der Waals surface area contributed by atoms with Crippen molar-refractivity contribution >= 4 is 47.7 Å². The summed E-state index contributed by atoms with van der Waals surface area (Å²) in [6.07, 6.45) is 22.7. The summed E-state index contributed by atoms with van der Waals surface area (Å²) in [5.74, 6) is -0.153. The molecule has 0 radical (unpaired) electrons. The number of carbonyl (C=O) groups excluding carboxylic acids is 2. The molecule has 0 spiro atoms. The summed E-state index contributed by atoms with van der Waals surface area (Å²) in [5, 5.41) is 0. The monoisotopic (exact) mass is 814 g/mol. The Labute approximate surface area is 357 Å². The van der Waals surface area contributed by atoms with Crippen molar-refractivity contribution in [3.63, 3.8) is 0 Å². The first kappa shape index (κ1) is 44.6. The highest BCUT2D eigenvalue weighted by Crippen LogP contribution is 2.40. The molecule has 0 aromatic heterocycles. The van der Waals surface area contributed by atoms with Crippen LogP contribution in [0.4, 0.5) is 0 Å². The molecule has 0 saturated heterocycles. The minimum absolute atomic E-state index is 0.0734. The predicted octanol–water partition coefficient (Wildman–Crippen LogP) is 16.1. The van der Waals surface area contributed by atoms with Crippen LogP contribution < -0.4 is 0 Å². The largest absolute Gasteiger partial charge is 0.289 e. The highest BCUT2D eigenvalue weighted by atomic mass is 32.2. The van der Waals surface area contributed by atoms with Gasteiger partial charge in [-0.25, -0.2) is 0 Å². The van der Waals surface area contributed by atoms with Crippen LogP contribution in [0, 0.1) is 0 Å². The number of rotatable bonds is 26. The maximum Gasteiger partial charge on any atom is 0.194 e. The Morgan fingerprint density at radius 2 is 0.860 bits per heavy atom. The van der Waals surface area contributed by atoms with E-state index < -0.39 is 0 Å². The van der Waals surface area contributed by atoms with Crippen LogP contribution in [0.2, 0.25) is 0 Å². The third kappa shape index (κ3) is 15.0. The zero-order valence-electron chi connectivity index (χ0n) is 34.3. The second kappa shape index (κ2) is 25.1. The molecule has 0 amide bonds. The van der Waals surface area contributed by atoms with E-state index in [-0.39, 0.29) is 11.6 Å². The van der Waals surface area contributed by atoms with Crippen molar-refractivity contribution < 1.29 is 9.59 Å². The normalized spacial score (nSPS) is 11.2. The molecule has 0 atom stereocenters. The molecule has 0 bridgehead atoms. The molecular formula is C52H62O2S3. The van der Waals surface area contributed by atoms with Gasteiger partial charge in [0.1, 0.15) is 0 Å². The molecule has 0 aliphatic carbocycles. The van der Waals surface area contributed by atoms with Crippen molar-refractivity contribution in [3.05, 3.63) is 149 Å². The van der Waals surface area contributed by atoms with Gasteiger partial charge in [0.15, 0.2) is 11.6 Å². The van der Waals surface area contributed by atoms with Crippen LogP contribution in [0.15, 0.2) is 140 Å². The summed E-state index contributed by atoms with van der Waals surface area (Å²) in [7, 11) is 0. The number of aryl methyl sites for hydroxylation is 2. The fraction of sp³-hybridized carbons (Fsp3) is 0.385. The lowest BCUT2D eigenvalue weighted by Crippen LogP contribution is -2.09. The zero-order valence-corrected chi connectivity index (χ0v) is 36.8. The SMILES string of the molecule is CCCCCCCCCCc1ccc(C(=O)c2cc(C(=O)c3ccc(CCCCCCCCCC)cc3)c(Sc3cccc(S)c3)cc2Sc2ccccc2)cc1. The van der Waals surface area contributed by atoms with Gasteiger partial charge in [-0.3, -0.25) is 9.59 Å². The summed E-state index contributed by atoms with van der Waals surface area (Å²) >= 11 is 7.70. The van der Waals surface area contributed by atoms with Crippen LogP contribution in [0.1, 0.15) is 160 Å². The molecule has 0 aliphatic rings. The fourth-order valence-corrected chi connectivity index (χ4v) is 9.65. The number of hydrogen-bond donors (Lipinski definition) is 1. The summed E-state index contributed by atoms with van der Waals surface area (Å²) in [5.41, 5.74) is 4.86. The molecular weight excluding hydrogens is 753 g/mol. The second-order valence-electron chi connectivity index (χ2n) is 15.4. The Bertz CT molecular complexity index is 1950. The predicted molar refractivity (Wildman–Crippen MR) is 247 cm³/mol. The molecule has 5 heteroatoms. The Morgan fingerprint density at radius 3 is 1.32 bits per heavy atom. The van der Waals surface area contributed by atoms with E-state index >= 15 is 0 Å². The lowest BCUT2D eigenvalue weighted by atomic mass is 9.95. The van der Waals surface area contributed by atoms with Crippen LogP contribution in [-0.4, -0.2) is 11.6 Å². The van der Waals surface area contributed by atoms with Crippen molar-refractivity contribution in [1.29, 1.82) is 0 Å². The first-order valence-electron chi connectivity index (χ1n) is 21.6. The van der Waals surface area contributed by atoms with Crippen LogP contribution >= 0.6 is 36.2 Å². The van der Waals surface area contributed by atoms with Gasteiger partial charge >= 0.3 is 0 Å². The smallest absolute Gasteiger partial charge is 0.194 e. The number of carbonyl (C=O) groups is 2. The third-order valence-corrected chi connectivity index (χ3v) is 13.0. The molecule has 0 aliphatic heterocycles. The molecule has 0 saturated carbocycles. The van der Waals surface area contributed by atoms with Gasteiger partial charge in [0.25, 0.3) is 0 Å². The quantitative estimate of drug-likeness (QED) is 0.0343. The van der Waals surface area contributed by atoms with E-state index in [1.807, 2.05) is 78.9 Å². The fourth-order valence-electron chi connectivity index (χ4n) is 7.26. The summed E-state index contributed by atoms with van der Waals surface area (Å²) in [4.78, 5) is 33.6. The third-order valence-electron chi connectivity index (χ3n) is 10.7. The molecule has 300 valence electrons. The highest BCUT2D eigenvalue weighted by Gasteiger charge is 2.23. The van der Waals surface area contributed by atoms with Gasteiger partial charge in [-0.2, -0.15) is 0 Å². The summed E-state index contributed by atoms with van der Waals surface area (Å²) in [6, 6.07) is 38.3. The van der Waals surface area contributed by atoms with Crippen LogP contribution in [-0.2, 0) is 12.8 Å². The van der Waals surface area contributed by atoms with E-state index in [4.69, 9.17) is 0 Å². The van der Waals surface area contributed by atoms with E-state index in [0.717, 1.165) is 43.7 Å². The molecule has 57 heavy (non-hydrogen) atoms. The molecule has 2 nitrogen and oxygen atoms in total. The van der Waals surface area contributed by atoms with E-state index in [0.29, 0.717) is 22.3 Å². The maximum absolute atomic E-state index is 14.5. The Balaban J connectivity index is 1.38. The number of benzene rings is 5. The van der Waals surface area contributed by atoms with Gasteiger partial charge in [-0.05, 0) is 79.3 Å². The van der Waals surface area contributed by atoms with Gasteiger partial charge in [-0.15, -0.1) is 12.6 Å². The molecule has 0 heterocycles. The van der Waals surface area contributed by atoms with Gasteiger partial charge in [0.05, 0.1) is 0 Å². The Hall–Kier alpha value is -3.51. The standard InChI is InChI=1S/C52H62O2S3/c1-3-5-7-9-11-13-15-18-23-40-29-33-42(34-30-40)51(53)47-38-48(52(54)43-35-31-41(32-36-43)24-19-16-14-12-10-8-6-4-2)50(57-46-28-22-25-44(55)37-46)39-49(47)56-45-26-20-17-21-27-45/h17,20-22,25-39,55H,3-16,18-19,23-24H2,1-2H3. The molecule has 5 rings (SSSR count). The lowest BCUT2D eigenvalue weighted by Gasteiger charge is -2.16. The number of ketones is 2. The molecule has 0 fully saturated rings. The van der Waals surface area contributed by atoms with Gasteiger partial charge in [0, 0.05) is 46.7 Å². The van der Waals surface area contributed by atoms with E-state index in [1.165, 1.54) is 107 Å². The summed E-state index contributed by atoms with van der Waals surface area (Å²) < 4.78 is 0. The second-order valence-corrected chi connectivity index (χ2v) is 18.1. The van der Waals surface area contributed by atoms with Gasteiger partial charge < -0.3 is 0 Å². The number of thiol groups is 1. The van der Waals surface area contributed by atoms with Gasteiger partial charge in [0.2, 0.25) is 0 Å². The molecule has 5 aromatic carbocycles. The first-order chi connectivity index (χ1) is 27.9. The number of unbranched alkanes of at least 4 members (excludes halogenated alkanes) is 14. The van der Waals surface area contributed by atoms with Crippen molar-refractivity contribution in [3.8, 4) is 0 Å². The van der Waals surface area contributed by atoms with Crippen LogP contribution in [0.3, 0.4) is 0 Å². The van der Waals surface area contributed by atoms with E-state index in [1.54, 1.807) is 23.5 Å². The minimum Gasteiger partial charge on any atom is -0.289 e. The topological polar surface area (TPSA) is 34.1 Å². The summed E-state index contributed by atoms with van der Waals surface area (Å²) in [6.45, 7) is 4.52. The molecule has 0 N–H and O–H groups in total. The van der Waals surface area contributed by atoms with Crippen molar-refractivity contribution in [2.75, 3.05) is 0 Å². The first-order valence-corrected chi connectivity index (χ1v) is 23.7. The molecule has 5 aromatic rings. The van der Waals surface area contributed by atoms with Crippen molar-refractivity contribution in [2.45, 2.75) is 154 Å². The number of hydrogen-bond acceptors (Lipinski definition) is 5. The maximum atomic E-state index is 14.5.